The van der Waals surface area contributed by atoms with Crippen LogP contribution in [0.3, 0.4) is 0 Å². The van der Waals surface area contributed by atoms with Crippen molar-refractivity contribution in [3.8, 4) is 5.82 Å². The lowest BCUT2D eigenvalue weighted by Gasteiger charge is -2.31. The minimum atomic E-state index is 0.0233. The Morgan fingerprint density at radius 2 is 2.35 bits per heavy atom. The van der Waals surface area contributed by atoms with Crippen molar-refractivity contribution < 1.29 is 4.79 Å². The summed E-state index contributed by atoms with van der Waals surface area (Å²) in [5.41, 5.74) is 0.576. The molecule has 0 spiro atoms. The molecule has 1 aliphatic heterocycles. The largest absolute Gasteiger partial charge is 0.338 e. The van der Waals surface area contributed by atoms with Crippen LogP contribution < -0.4 is 0 Å². The zero-order valence-electron chi connectivity index (χ0n) is 11.4. The van der Waals surface area contributed by atoms with Gasteiger partial charge in [-0.15, -0.1) is 0 Å². The summed E-state index contributed by atoms with van der Waals surface area (Å²) in [6.07, 6.45) is 6.90. The number of likely N-dealkylation sites (tertiary alicyclic amines) is 1. The number of amides is 1. The minimum absolute atomic E-state index is 0.0233. The van der Waals surface area contributed by atoms with Crippen molar-refractivity contribution in [1.82, 2.24) is 24.6 Å². The fraction of sp³-hybridized carbons (Fsp3) is 0.429. The van der Waals surface area contributed by atoms with Gasteiger partial charge < -0.3 is 4.90 Å². The smallest absolute Gasteiger partial charge is 0.257 e. The Morgan fingerprint density at radius 1 is 1.45 bits per heavy atom. The summed E-state index contributed by atoms with van der Waals surface area (Å²) in [6, 6.07) is 3.58. The quantitative estimate of drug-likeness (QED) is 0.831. The van der Waals surface area contributed by atoms with E-state index in [-0.39, 0.29) is 5.91 Å². The second-order valence-corrected chi connectivity index (χ2v) is 5.21. The number of aromatic nitrogens is 4. The van der Waals surface area contributed by atoms with E-state index in [0.29, 0.717) is 17.3 Å². The van der Waals surface area contributed by atoms with Crippen LogP contribution in [0.25, 0.3) is 5.82 Å². The van der Waals surface area contributed by atoms with Crippen molar-refractivity contribution in [3.05, 3.63) is 36.5 Å². The molecule has 0 saturated carbocycles. The van der Waals surface area contributed by atoms with Crippen LogP contribution in [0.5, 0.6) is 0 Å². The van der Waals surface area contributed by atoms with Gasteiger partial charge in [-0.1, -0.05) is 6.92 Å². The fourth-order valence-electron chi connectivity index (χ4n) is 2.61. The molecule has 1 aliphatic rings. The zero-order valence-corrected chi connectivity index (χ0v) is 11.4. The number of hydrogen-bond acceptors (Lipinski definition) is 4. The molecule has 0 radical (unpaired) electrons. The summed E-state index contributed by atoms with van der Waals surface area (Å²) in [5.74, 6) is 1.11. The monoisotopic (exact) mass is 271 g/mol. The molecule has 2 aromatic heterocycles. The number of carbonyl (C=O) groups excluding carboxylic acids is 1. The molecule has 1 atom stereocenters. The summed E-state index contributed by atoms with van der Waals surface area (Å²) in [5, 5.41) is 4.06. The highest BCUT2D eigenvalue weighted by atomic mass is 16.2. The normalized spacial score (nSPS) is 19.1. The number of rotatable bonds is 2. The molecule has 1 fully saturated rings. The van der Waals surface area contributed by atoms with Gasteiger partial charge in [0.05, 0.1) is 5.56 Å². The maximum Gasteiger partial charge on any atom is 0.257 e. The second kappa shape index (κ2) is 5.40. The molecular formula is C14H17N5O. The van der Waals surface area contributed by atoms with E-state index < -0.39 is 0 Å². The van der Waals surface area contributed by atoms with Gasteiger partial charge >= 0.3 is 0 Å². The number of nitrogens with zero attached hydrogens (tertiary/aromatic N) is 5. The van der Waals surface area contributed by atoms with E-state index in [1.54, 1.807) is 24.7 Å². The first-order chi connectivity index (χ1) is 9.75. The van der Waals surface area contributed by atoms with Crippen LogP contribution in [0.2, 0.25) is 0 Å². The summed E-state index contributed by atoms with van der Waals surface area (Å²) in [7, 11) is 0. The van der Waals surface area contributed by atoms with Gasteiger partial charge in [0.2, 0.25) is 0 Å². The molecule has 1 saturated heterocycles. The molecule has 6 nitrogen and oxygen atoms in total. The predicted molar refractivity (Wildman–Crippen MR) is 73.5 cm³/mol. The maximum atomic E-state index is 12.7. The third-order valence-electron chi connectivity index (χ3n) is 3.60. The zero-order chi connectivity index (χ0) is 13.9. The van der Waals surface area contributed by atoms with Gasteiger partial charge in [-0.3, -0.25) is 4.79 Å². The number of pyridine rings is 1. The molecule has 2 aromatic rings. The Bertz CT molecular complexity index is 595. The maximum absolute atomic E-state index is 12.7. The Kier molecular flexibility index (Phi) is 3.45. The highest BCUT2D eigenvalue weighted by molar-refractivity contribution is 5.97. The van der Waals surface area contributed by atoms with E-state index in [2.05, 4.69) is 22.0 Å². The van der Waals surface area contributed by atoms with Crippen molar-refractivity contribution in [2.45, 2.75) is 19.8 Å². The van der Waals surface area contributed by atoms with Gasteiger partial charge in [0.15, 0.2) is 5.82 Å². The average Bonchev–Trinajstić information content (AvgIpc) is 3.00. The van der Waals surface area contributed by atoms with E-state index in [9.17, 15) is 4.79 Å². The third-order valence-corrected chi connectivity index (χ3v) is 3.60. The molecule has 0 N–H and O–H groups in total. The number of hydrogen-bond donors (Lipinski definition) is 0. The van der Waals surface area contributed by atoms with E-state index in [4.69, 9.17) is 0 Å². The van der Waals surface area contributed by atoms with Gasteiger partial charge in [0.25, 0.3) is 5.91 Å². The predicted octanol–water partition coefficient (Wildman–Crippen LogP) is 1.53. The topological polar surface area (TPSA) is 63.9 Å². The molecule has 20 heavy (non-hydrogen) atoms. The van der Waals surface area contributed by atoms with E-state index in [1.807, 2.05) is 4.90 Å². The summed E-state index contributed by atoms with van der Waals surface area (Å²) in [6.45, 7) is 3.81. The minimum Gasteiger partial charge on any atom is -0.338 e. The first kappa shape index (κ1) is 12.8. The Morgan fingerprint density at radius 3 is 3.10 bits per heavy atom. The van der Waals surface area contributed by atoms with E-state index >= 15 is 0 Å². The molecule has 104 valence electrons. The van der Waals surface area contributed by atoms with Gasteiger partial charge in [-0.25, -0.2) is 14.6 Å². The van der Waals surface area contributed by atoms with Crippen LogP contribution in [-0.4, -0.2) is 43.6 Å². The van der Waals surface area contributed by atoms with E-state index in [0.717, 1.165) is 19.5 Å². The van der Waals surface area contributed by atoms with Crippen molar-refractivity contribution in [2.75, 3.05) is 13.1 Å². The summed E-state index contributed by atoms with van der Waals surface area (Å²) in [4.78, 5) is 22.8. The van der Waals surface area contributed by atoms with Crippen molar-refractivity contribution >= 4 is 5.91 Å². The lowest BCUT2D eigenvalue weighted by molar-refractivity contribution is 0.0682. The highest BCUT2D eigenvalue weighted by Crippen LogP contribution is 2.19. The SMILES string of the molecule is CC1CCCN(C(=O)c2cccnc2-n2cncn2)C1. The average molecular weight is 271 g/mol. The van der Waals surface area contributed by atoms with Crippen LogP contribution in [-0.2, 0) is 0 Å². The van der Waals surface area contributed by atoms with Crippen molar-refractivity contribution in [3.63, 3.8) is 0 Å². The molecule has 0 aliphatic carbocycles. The van der Waals surface area contributed by atoms with Crippen LogP contribution in [0.4, 0.5) is 0 Å². The van der Waals surface area contributed by atoms with Gasteiger partial charge in [-0.05, 0) is 30.9 Å². The lowest BCUT2D eigenvalue weighted by Crippen LogP contribution is -2.39. The molecule has 0 bridgehead atoms. The summed E-state index contributed by atoms with van der Waals surface area (Å²) < 4.78 is 1.53. The van der Waals surface area contributed by atoms with Crippen LogP contribution in [0, 0.1) is 5.92 Å². The molecule has 1 unspecified atom stereocenters. The molecule has 1 amide bonds. The Hall–Kier alpha value is -2.24. The van der Waals surface area contributed by atoms with Gasteiger partial charge in [0.1, 0.15) is 12.7 Å². The molecule has 6 heteroatoms. The van der Waals surface area contributed by atoms with Crippen molar-refractivity contribution in [1.29, 1.82) is 0 Å². The fourth-order valence-corrected chi connectivity index (χ4v) is 2.61. The second-order valence-electron chi connectivity index (χ2n) is 5.21. The molecular weight excluding hydrogens is 254 g/mol. The summed E-state index contributed by atoms with van der Waals surface area (Å²) >= 11 is 0. The molecule has 3 rings (SSSR count). The van der Waals surface area contributed by atoms with E-state index in [1.165, 1.54) is 17.4 Å². The molecule has 0 aromatic carbocycles. The first-order valence-electron chi connectivity index (χ1n) is 6.85. The molecule has 3 heterocycles. The van der Waals surface area contributed by atoms with Gasteiger partial charge in [-0.2, -0.15) is 5.10 Å². The van der Waals surface area contributed by atoms with Crippen molar-refractivity contribution in [2.24, 2.45) is 5.92 Å². The lowest BCUT2D eigenvalue weighted by atomic mass is 9.99. The van der Waals surface area contributed by atoms with Crippen LogP contribution in [0.15, 0.2) is 31.0 Å². The third kappa shape index (κ3) is 2.41. The Labute approximate surface area is 117 Å². The standard InChI is InChI=1S/C14H17N5O/c1-11-4-3-7-18(8-11)14(20)12-5-2-6-16-13(12)19-10-15-9-17-19/h2,5-6,9-11H,3-4,7-8H2,1H3. The first-order valence-corrected chi connectivity index (χ1v) is 6.85. The van der Waals surface area contributed by atoms with Gasteiger partial charge in [0, 0.05) is 19.3 Å². The Balaban J connectivity index is 1.92. The van der Waals surface area contributed by atoms with Crippen LogP contribution in [0.1, 0.15) is 30.1 Å². The number of carbonyl (C=O) groups is 1. The van der Waals surface area contributed by atoms with Crippen LogP contribution >= 0.6 is 0 Å². The highest BCUT2D eigenvalue weighted by Gasteiger charge is 2.24. The number of piperidine rings is 1.